The molecule has 0 unspecified atom stereocenters. The summed E-state index contributed by atoms with van der Waals surface area (Å²) in [7, 11) is 1.27. The van der Waals surface area contributed by atoms with Gasteiger partial charge in [0.1, 0.15) is 5.82 Å². The summed E-state index contributed by atoms with van der Waals surface area (Å²) in [5.74, 6) is -0.756. The van der Waals surface area contributed by atoms with E-state index in [9.17, 15) is 9.18 Å². The highest BCUT2D eigenvalue weighted by Gasteiger charge is 2.16. The van der Waals surface area contributed by atoms with E-state index in [2.05, 4.69) is 14.7 Å². The predicted octanol–water partition coefficient (Wildman–Crippen LogP) is 2.99. The first-order chi connectivity index (χ1) is 9.42. The van der Waals surface area contributed by atoms with Crippen LogP contribution in [0.15, 0.2) is 18.2 Å². The van der Waals surface area contributed by atoms with Gasteiger partial charge in [0.25, 0.3) is 0 Å². The van der Waals surface area contributed by atoms with E-state index >= 15 is 0 Å². The number of aryl methyl sites for hydroxylation is 3. The molecule has 0 saturated heterocycles. The Morgan fingerprint density at radius 2 is 1.85 bits per heavy atom. The molecule has 0 amide bonds. The SMILES string of the molecule is COC(=O)c1cc(C)nc(-c2cc(C)cc(C)c2F)n1. The summed E-state index contributed by atoms with van der Waals surface area (Å²) < 4.78 is 18.9. The molecule has 2 aromatic rings. The molecule has 2 rings (SSSR count). The van der Waals surface area contributed by atoms with Gasteiger partial charge in [-0.2, -0.15) is 0 Å². The zero-order valence-electron chi connectivity index (χ0n) is 11.8. The van der Waals surface area contributed by atoms with Gasteiger partial charge < -0.3 is 4.74 Å². The van der Waals surface area contributed by atoms with Gasteiger partial charge in [-0.3, -0.25) is 0 Å². The highest BCUT2D eigenvalue weighted by Crippen LogP contribution is 2.24. The molecular weight excluding hydrogens is 259 g/mol. The Hall–Kier alpha value is -2.30. The quantitative estimate of drug-likeness (QED) is 0.790. The number of methoxy groups -OCH3 is 1. The van der Waals surface area contributed by atoms with Crippen molar-refractivity contribution in [1.82, 2.24) is 9.97 Å². The van der Waals surface area contributed by atoms with Crippen LogP contribution < -0.4 is 0 Å². The molecule has 0 saturated carbocycles. The summed E-state index contributed by atoms with van der Waals surface area (Å²) in [5, 5.41) is 0. The Bertz CT molecular complexity index is 684. The lowest BCUT2D eigenvalue weighted by Gasteiger charge is -2.08. The average Bonchev–Trinajstić information content (AvgIpc) is 2.41. The molecule has 0 fully saturated rings. The molecule has 0 aliphatic rings. The molecule has 1 heterocycles. The van der Waals surface area contributed by atoms with E-state index in [1.54, 1.807) is 26.0 Å². The Kier molecular flexibility index (Phi) is 3.79. The van der Waals surface area contributed by atoms with Gasteiger partial charge in [-0.05, 0) is 44.0 Å². The lowest BCUT2D eigenvalue weighted by atomic mass is 10.1. The lowest BCUT2D eigenvalue weighted by molar-refractivity contribution is 0.0594. The number of ether oxygens (including phenoxy) is 1. The van der Waals surface area contributed by atoms with Gasteiger partial charge in [0.2, 0.25) is 0 Å². The minimum Gasteiger partial charge on any atom is -0.464 e. The van der Waals surface area contributed by atoms with E-state index in [-0.39, 0.29) is 22.9 Å². The summed E-state index contributed by atoms with van der Waals surface area (Å²) in [6.07, 6.45) is 0. The van der Waals surface area contributed by atoms with Crippen molar-refractivity contribution in [3.8, 4) is 11.4 Å². The first-order valence-corrected chi connectivity index (χ1v) is 6.13. The van der Waals surface area contributed by atoms with Gasteiger partial charge in [0.15, 0.2) is 11.5 Å². The Morgan fingerprint density at radius 1 is 1.15 bits per heavy atom. The van der Waals surface area contributed by atoms with Crippen molar-refractivity contribution in [1.29, 1.82) is 0 Å². The number of benzene rings is 1. The van der Waals surface area contributed by atoms with Crippen LogP contribution in [0.1, 0.15) is 27.3 Å². The van der Waals surface area contributed by atoms with Gasteiger partial charge in [-0.25, -0.2) is 19.2 Å². The van der Waals surface area contributed by atoms with Crippen molar-refractivity contribution in [2.75, 3.05) is 7.11 Å². The fourth-order valence-corrected chi connectivity index (χ4v) is 2.01. The van der Waals surface area contributed by atoms with Crippen molar-refractivity contribution < 1.29 is 13.9 Å². The molecular formula is C15H15FN2O2. The summed E-state index contributed by atoms with van der Waals surface area (Å²) in [4.78, 5) is 19.9. The molecule has 0 radical (unpaired) electrons. The van der Waals surface area contributed by atoms with E-state index < -0.39 is 5.97 Å². The maximum absolute atomic E-state index is 14.2. The number of carbonyl (C=O) groups is 1. The summed E-state index contributed by atoms with van der Waals surface area (Å²) in [5.41, 5.74) is 2.41. The minimum absolute atomic E-state index is 0.119. The van der Waals surface area contributed by atoms with Crippen molar-refractivity contribution in [3.05, 3.63) is 46.5 Å². The third-order valence-corrected chi connectivity index (χ3v) is 2.89. The van der Waals surface area contributed by atoms with Gasteiger partial charge in [-0.1, -0.05) is 6.07 Å². The fraction of sp³-hybridized carbons (Fsp3) is 0.267. The second kappa shape index (κ2) is 5.36. The van der Waals surface area contributed by atoms with Gasteiger partial charge in [0, 0.05) is 5.69 Å². The normalized spacial score (nSPS) is 10.4. The van der Waals surface area contributed by atoms with E-state index in [0.29, 0.717) is 11.3 Å². The Balaban J connectivity index is 2.64. The Morgan fingerprint density at radius 3 is 2.50 bits per heavy atom. The maximum Gasteiger partial charge on any atom is 0.356 e. The van der Waals surface area contributed by atoms with E-state index in [0.717, 1.165) is 5.56 Å². The monoisotopic (exact) mass is 274 g/mol. The van der Waals surface area contributed by atoms with Gasteiger partial charge in [-0.15, -0.1) is 0 Å². The van der Waals surface area contributed by atoms with Crippen molar-refractivity contribution in [3.63, 3.8) is 0 Å². The fourth-order valence-electron chi connectivity index (χ4n) is 2.01. The average molecular weight is 274 g/mol. The van der Waals surface area contributed by atoms with Crippen LogP contribution in [0.3, 0.4) is 0 Å². The molecule has 20 heavy (non-hydrogen) atoms. The van der Waals surface area contributed by atoms with E-state index in [1.807, 2.05) is 6.92 Å². The summed E-state index contributed by atoms with van der Waals surface area (Å²) in [6, 6.07) is 4.92. The van der Waals surface area contributed by atoms with Gasteiger partial charge in [0.05, 0.1) is 12.7 Å². The van der Waals surface area contributed by atoms with Crippen LogP contribution >= 0.6 is 0 Å². The number of aromatic nitrogens is 2. The zero-order chi connectivity index (χ0) is 14.9. The Labute approximate surface area is 116 Å². The van der Waals surface area contributed by atoms with Crippen LogP contribution in [0.2, 0.25) is 0 Å². The molecule has 1 aromatic heterocycles. The highest BCUT2D eigenvalue weighted by molar-refractivity contribution is 5.87. The van der Waals surface area contributed by atoms with Crippen LogP contribution in [0.4, 0.5) is 4.39 Å². The standard InChI is InChI=1S/C15H15FN2O2/c1-8-5-9(2)13(16)11(6-8)14-17-10(3)7-12(18-14)15(19)20-4/h5-7H,1-4H3. The van der Waals surface area contributed by atoms with Crippen molar-refractivity contribution >= 4 is 5.97 Å². The van der Waals surface area contributed by atoms with Crippen LogP contribution in [-0.2, 0) is 4.74 Å². The first kappa shape index (κ1) is 14.1. The van der Waals surface area contributed by atoms with Crippen LogP contribution in [-0.4, -0.2) is 23.0 Å². The minimum atomic E-state index is -0.568. The van der Waals surface area contributed by atoms with E-state index in [1.165, 1.54) is 13.2 Å². The molecule has 0 N–H and O–H groups in total. The molecule has 4 nitrogen and oxygen atoms in total. The highest BCUT2D eigenvalue weighted by atomic mass is 19.1. The number of rotatable bonds is 2. The maximum atomic E-state index is 14.2. The predicted molar refractivity (Wildman–Crippen MR) is 73.0 cm³/mol. The lowest BCUT2D eigenvalue weighted by Crippen LogP contribution is -2.08. The molecule has 1 aromatic carbocycles. The summed E-state index contributed by atoms with van der Waals surface area (Å²) >= 11 is 0. The molecule has 0 spiro atoms. The molecule has 0 atom stereocenters. The molecule has 104 valence electrons. The largest absolute Gasteiger partial charge is 0.464 e. The third-order valence-electron chi connectivity index (χ3n) is 2.89. The molecule has 0 aliphatic heterocycles. The van der Waals surface area contributed by atoms with Crippen molar-refractivity contribution in [2.24, 2.45) is 0 Å². The molecule has 5 heteroatoms. The number of hydrogen-bond donors (Lipinski definition) is 0. The second-order valence-electron chi connectivity index (χ2n) is 4.65. The summed E-state index contributed by atoms with van der Waals surface area (Å²) in [6.45, 7) is 5.27. The number of nitrogens with zero attached hydrogens (tertiary/aromatic N) is 2. The van der Waals surface area contributed by atoms with Crippen LogP contribution in [0, 0.1) is 26.6 Å². The van der Waals surface area contributed by atoms with Gasteiger partial charge >= 0.3 is 5.97 Å². The topological polar surface area (TPSA) is 52.1 Å². The van der Waals surface area contributed by atoms with Crippen LogP contribution in [0.25, 0.3) is 11.4 Å². The molecule has 0 bridgehead atoms. The number of halogens is 1. The zero-order valence-corrected chi connectivity index (χ0v) is 11.8. The second-order valence-corrected chi connectivity index (χ2v) is 4.65. The number of esters is 1. The smallest absolute Gasteiger partial charge is 0.356 e. The van der Waals surface area contributed by atoms with Crippen LogP contribution in [0.5, 0.6) is 0 Å². The number of carbonyl (C=O) groups excluding carboxylic acids is 1. The van der Waals surface area contributed by atoms with E-state index in [4.69, 9.17) is 0 Å². The number of hydrogen-bond acceptors (Lipinski definition) is 4. The third kappa shape index (κ3) is 2.66. The molecule has 0 aliphatic carbocycles. The van der Waals surface area contributed by atoms with Crippen molar-refractivity contribution in [2.45, 2.75) is 20.8 Å². The first-order valence-electron chi connectivity index (χ1n) is 6.13.